The summed E-state index contributed by atoms with van der Waals surface area (Å²) in [6.45, 7) is 5.30. The number of benzene rings is 1. The summed E-state index contributed by atoms with van der Waals surface area (Å²) in [5.74, 6) is 0.0971. The molecular weight excluding hydrogens is 280 g/mol. The number of nitriles is 1. The molecule has 1 aromatic carbocycles. The molecule has 6 nitrogen and oxygen atoms in total. The van der Waals surface area contributed by atoms with Gasteiger partial charge >= 0.3 is 5.97 Å². The molecule has 0 atom stereocenters. The zero-order chi connectivity index (χ0) is 15.9. The van der Waals surface area contributed by atoms with Crippen molar-refractivity contribution in [3.8, 4) is 6.07 Å². The molecule has 1 heterocycles. The van der Waals surface area contributed by atoms with Crippen molar-refractivity contribution >= 4 is 17.5 Å². The topological polar surface area (TPSA) is 90.6 Å². The number of hydrogen-bond donors (Lipinski definition) is 1. The first-order chi connectivity index (χ1) is 10.6. The summed E-state index contributed by atoms with van der Waals surface area (Å²) >= 11 is 0. The first-order valence-electron chi connectivity index (χ1n) is 6.51. The van der Waals surface area contributed by atoms with Crippen LogP contribution in [0.15, 0.2) is 58.8 Å². The standard InChI is InChI=1S/C16H14N4O2/c1-11(2)16(21)22-10-12-3-5-13(6-4-12)19-20-15-8-7-14(9-17)18-15/h3-8,18H,1,10H2,2H3/b20-19+. The van der Waals surface area contributed by atoms with E-state index < -0.39 is 5.97 Å². The molecule has 0 saturated heterocycles. The van der Waals surface area contributed by atoms with Crippen LogP contribution in [0.5, 0.6) is 0 Å². The molecule has 110 valence electrons. The van der Waals surface area contributed by atoms with Crippen molar-refractivity contribution in [2.45, 2.75) is 13.5 Å². The van der Waals surface area contributed by atoms with Gasteiger partial charge in [-0.25, -0.2) is 4.79 Å². The van der Waals surface area contributed by atoms with Gasteiger partial charge in [0.2, 0.25) is 0 Å². The van der Waals surface area contributed by atoms with Crippen molar-refractivity contribution in [3.05, 3.63) is 59.8 Å². The predicted molar refractivity (Wildman–Crippen MR) is 80.7 cm³/mol. The Kier molecular flexibility index (Phi) is 4.83. The number of nitrogens with one attached hydrogen (secondary N) is 1. The number of carbonyl (C=O) groups is 1. The lowest BCUT2D eigenvalue weighted by Crippen LogP contribution is -2.04. The summed E-state index contributed by atoms with van der Waals surface area (Å²) in [5, 5.41) is 16.7. The molecule has 2 rings (SSSR count). The summed E-state index contributed by atoms with van der Waals surface area (Å²) in [6, 6.07) is 12.4. The second-order valence-electron chi connectivity index (χ2n) is 4.59. The molecule has 2 aromatic rings. The Morgan fingerprint density at radius 1 is 1.27 bits per heavy atom. The third kappa shape index (κ3) is 4.15. The van der Waals surface area contributed by atoms with E-state index >= 15 is 0 Å². The minimum absolute atomic E-state index is 0.186. The van der Waals surface area contributed by atoms with Crippen molar-refractivity contribution in [2.75, 3.05) is 0 Å². The molecule has 1 N–H and O–H groups in total. The predicted octanol–water partition coefficient (Wildman–Crippen LogP) is 3.92. The second-order valence-corrected chi connectivity index (χ2v) is 4.59. The van der Waals surface area contributed by atoms with Gasteiger partial charge in [-0.3, -0.25) is 0 Å². The third-order valence-corrected chi connectivity index (χ3v) is 2.72. The lowest BCUT2D eigenvalue weighted by molar-refractivity contribution is -0.140. The molecule has 0 radical (unpaired) electrons. The lowest BCUT2D eigenvalue weighted by atomic mass is 10.2. The van der Waals surface area contributed by atoms with E-state index in [1.165, 1.54) is 0 Å². The molecule has 1 aromatic heterocycles. The Morgan fingerprint density at radius 2 is 2.00 bits per heavy atom. The number of hydrogen-bond acceptors (Lipinski definition) is 5. The normalized spacial score (nSPS) is 10.4. The molecule has 0 amide bonds. The molecule has 0 spiro atoms. The Labute approximate surface area is 127 Å². The van der Waals surface area contributed by atoms with Gasteiger partial charge in [-0.1, -0.05) is 18.7 Å². The van der Waals surface area contributed by atoms with Crippen LogP contribution in [0.1, 0.15) is 18.2 Å². The molecule has 0 unspecified atom stereocenters. The van der Waals surface area contributed by atoms with Crippen LogP contribution in [0.2, 0.25) is 0 Å². The number of H-pyrrole nitrogens is 1. The summed E-state index contributed by atoms with van der Waals surface area (Å²) < 4.78 is 5.05. The minimum Gasteiger partial charge on any atom is -0.457 e. The van der Waals surface area contributed by atoms with Crippen LogP contribution in [-0.4, -0.2) is 11.0 Å². The van der Waals surface area contributed by atoms with Gasteiger partial charge in [0.25, 0.3) is 0 Å². The monoisotopic (exact) mass is 294 g/mol. The number of rotatable bonds is 5. The molecular formula is C16H14N4O2. The van der Waals surface area contributed by atoms with Gasteiger partial charge in [-0.2, -0.15) is 5.26 Å². The van der Waals surface area contributed by atoms with Crippen molar-refractivity contribution in [1.82, 2.24) is 4.98 Å². The smallest absolute Gasteiger partial charge is 0.333 e. The van der Waals surface area contributed by atoms with E-state index in [1.54, 1.807) is 43.3 Å². The molecule has 0 saturated carbocycles. The van der Waals surface area contributed by atoms with Crippen molar-refractivity contribution < 1.29 is 9.53 Å². The Balaban J connectivity index is 1.95. The van der Waals surface area contributed by atoms with Gasteiger partial charge in [-0.15, -0.1) is 10.2 Å². The maximum Gasteiger partial charge on any atom is 0.333 e. The van der Waals surface area contributed by atoms with Crippen molar-refractivity contribution in [2.24, 2.45) is 10.2 Å². The highest BCUT2D eigenvalue weighted by atomic mass is 16.5. The lowest BCUT2D eigenvalue weighted by Gasteiger charge is -2.04. The molecule has 6 heteroatoms. The summed E-state index contributed by atoms with van der Waals surface area (Å²) in [6.07, 6.45) is 0. The van der Waals surface area contributed by atoms with E-state index in [4.69, 9.17) is 10.00 Å². The number of azo groups is 1. The van der Waals surface area contributed by atoms with Crippen LogP contribution in [0.3, 0.4) is 0 Å². The zero-order valence-electron chi connectivity index (χ0n) is 12.0. The molecule has 0 fully saturated rings. The largest absolute Gasteiger partial charge is 0.457 e. The number of esters is 1. The number of aromatic nitrogens is 1. The van der Waals surface area contributed by atoms with Crippen molar-refractivity contribution in [1.29, 1.82) is 5.26 Å². The highest BCUT2D eigenvalue weighted by Crippen LogP contribution is 2.18. The maximum atomic E-state index is 11.3. The van der Waals surface area contributed by atoms with Gasteiger partial charge < -0.3 is 9.72 Å². The Hall–Kier alpha value is -3.20. The molecule has 22 heavy (non-hydrogen) atoms. The van der Waals surface area contributed by atoms with Gasteiger partial charge in [-0.05, 0) is 36.8 Å². The molecule has 0 aliphatic heterocycles. The zero-order valence-corrected chi connectivity index (χ0v) is 12.0. The van der Waals surface area contributed by atoms with Crippen LogP contribution in [0, 0.1) is 11.3 Å². The van der Waals surface area contributed by atoms with E-state index in [0.717, 1.165) is 5.56 Å². The fourth-order valence-corrected chi connectivity index (χ4v) is 1.55. The van der Waals surface area contributed by atoms with Gasteiger partial charge in [0.1, 0.15) is 18.4 Å². The number of nitrogens with zero attached hydrogens (tertiary/aromatic N) is 3. The van der Waals surface area contributed by atoms with Crippen LogP contribution in [-0.2, 0) is 16.1 Å². The highest BCUT2D eigenvalue weighted by molar-refractivity contribution is 5.86. The Morgan fingerprint density at radius 3 is 2.59 bits per heavy atom. The van der Waals surface area contributed by atoms with Crippen LogP contribution in [0.25, 0.3) is 0 Å². The average molecular weight is 294 g/mol. The fourth-order valence-electron chi connectivity index (χ4n) is 1.55. The summed E-state index contributed by atoms with van der Waals surface area (Å²) in [7, 11) is 0. The van der Waals surface area contributed by atoms with Crippen LogP contribution in [0.4, 0.5) is 11.5 Å². The summed E-state index contributed by atoms with van der Waals surface area (Å²) in [5.41, 5.74) is 2.31. The van der Waals surface area contributed by atoms with E-state index in [1.807, 2.05) is 6.07 Å². The van der Waals surface area contributed by atoms with Crippen molar-refractivity contribution in [3.63, 3.8) is 0 Å². The van der Waals surface area contributed by atoms with Crippen LogP contribution < -0.4 is 0 Å². The molecule has 0 aliphatic rings. The second kappa shape index (κ2) is 6.99. The SMILES string of the molecule is C=C(C)C(=O)OCc1ccc(/N=N/c2ccc(C#N)[nH]2)cc1. The quantitative estimate of drug-likeness (QED) is 0.514. The van der Waals surface area contributed by atoms with Gasteiger partial charge in [0.15, 0.2) is 5.82 Å². The van der Waals surface area contributed by atoms with E-state index in [-0.39, 0.29) is 6.61 Å². The molecule has 0 bridgehead atoms. The average Bonchev–Trinajstić information content (AvgIpc) is 2.99. The number of aromatic amines is 1. The van der Waals surface area contributed by atoms with E-state index in [0.29, 0.717) is 22.8 Å². The van der Waals surface area contributed by atoms with Gasteiger partial charge in [0, 0.05) is 5.57 Å². The summed E-state index contributed by atoms with van der Waals surface area (Å²) in [4.78, 5) is 14.1. The third-order valence-electron chi connectivity index (χ3n) is 2.72. The first-order valence-corrected chi connectivity index (χ1v) is 6.51. The van der Waals surface area contributed by atoms with Gasteiger partial charge in [0.05, 0.1) is 5.69 Å². The minimum atomic E-state index is -0.413. The fraction of sp³-hybridized carbons (Fsp3) is 0.125. The highest BCUT2D eigenvalue weighted by Gasteiger charge is 2.03. The van der Waals surface area contributed by atoms with E-state index in [9.17, 15) is 4.79 Å². The van der Waals surface area contributed by atoms with E-state index in [2.05, 4.69) is 21.8 Å². The molecule has 0 aliphatic carbocycles. The number of carbonyl (C=O) groups excluding carboxylic acids is 1. The Bertz CT molecular complexity index is 751. The maximum absolute atomic E-state index is 11.3. The first kappa shape index (κ1) is 15.2. The van der Waals surface area contributed by atoms with Crippen LogP contribution >= 0.6 is 0 Å². The number of ether oxygens (including phenoxy) is 1.